The number of hydrogen-bond donors (Lipinski definition) is 1. The maximum atomic E-state index is 12.5. The lowest BCUT2D eigenvalue weighted by molar-refractivity contribution is -0.126. The van der Waals surface area contributed by atoms with Crippen LogP contribution in [0.4, 0.5) is 0 Å². The SMILES string of the molecule is Cc1ccccc1CNC(=O)C1CCCN(C(=O)c2cccs2)C1. The summed E-state index contributed by atoms with van der Waals surface area (Å²) < 4.78 is 0. The second-order valence-electron chi connectivity index (χ2n) is 6.21. The Kier molecular flexibility index (Phi) is 5.30. The normalized spacial score (nSPS) is 17.5. The first-order chi connectivity index (χ1) is 11.6. The molecule has 0 radical (unpaired) electrons. The van der Waals surface area contributed by atoms with Crippen molar-refractivity contribution in [2.75, 3.05) is 13.1 Å². The largest absolute Gasteiger partial charge is 0.352 e. The summed E-state index contributed by atoms with van der Waals surface area (Å²) in [4.78, 5) is 27.5. The van der Waals surface area contributed by atoms with Crippen molar-refractivity contribution in [3.63, 3.8) is 0 Å². The number of piperidine rings is 1. The van der Waals surface area contributed by atoms with Gasteiger partial charge < -0.3 is 10.2 Å². The van der Waals surface area contributed by atoms with Gasteiger partial charge in [-0.05, 0) is 42.3 Å². The summed E-state index contributed by atoms with van der Waals surface area (Å²) >= 11 is 1.45. The van der Waals surface area contributed by atoms with Gasteiger partial charge in [-0.3, -0.25) is 9.59 Å². The average molecular weight is 342 g/mol. The molecule has 2 heterocycles. The number of carbonyl (C=O) groups excluding carboxylic acids is 2. The van der Waals surface area contributed by atoms with Crippen molar-refractivity contribution in [3.8, 4) is 0 Å². The molecule has 1 aliphatic heterocycles. The molecule has 3 rings (SSSR count). The zero-order valence-electron chi connectivity index (χ0n) is 13.8. The molecule has 1 unspecified atom stereocenters. The fourth-order valence-electron chi connectivity index (χ4n) is 3.07. The van der Waals surface area contributed by atoms with E-state index < -0.39 is 0 Å². The fraction of sp³-hybridized carbons (Fsp3) is 0.368. The predicted molar refractivity (Wildman–Crippen MR) is 96.0 cm³/mol. The van der Waals surface area contributed by atoms with Gasteiger partial charge in [0.1, 0.15) is 0 Å². The van der Waals surface area contributed by atoms with Crippen LogP contribution >= 0.6 is 11.3 Å². The van der Waals surface area contributed by atoms with E-state index in [1.54, 1.807) is 0 Å². The van der Waals surface area contributed by atoms with Crippen molar-refractivity contribution in [2.24, 2.45) is 5.92 Å². The molecular weight excluding hydrogens is 320 g/mol. The average Bonchev–Trinajstić information content (AvgIpc) is 3.15. The number of amides is 2. The summed E-state index contributed by atoms with van der Waals surface area (Å²) in [6.07, 6.45) is 1.72. The maximum Gasteiger partial charge on any atom is 0.263 e. The highest BCUT2D eigenvalue weighted by molar-refractivity contribution is 7.12. The first-order valence-corrected chi connectivity index (χ1v) is 9.18. The summed E-state index contributed by atoms with van der Waals surface area (Å²) in [6.45, 7) is 3.83. The number of nitrogens with zero attached hydrogens (tertiary/aromatic N) is 1. The summed E-state index contributed by atoms with van der Waals surface area (Å²) in [5.74, 6) is -0.0324. The fourth-order valence-corrected chi connectivity index (χ4v) is 3.76. The van der Waals surface area contributed by atoms with Gasteiger partial charge >= 0.3 is 0 Å². The van der Waals surface area contributed by atoms with E-state index in [-0.39, 0.29) is 17.7 Å². The van der Waals surface area contributed by atoms with Gasteiger partial charge in [0.05, 0.1) is 10.8 Å². The van der Waals surface area contributed by atoms with Gasteiger partial charge in [-0.25, -0.2) is 0 Å². The molecule has 1 aromatic carbocycles. The third-order valence-corrected chi connectivity index (χ3v) is 5.38. The Morgan fingerprint density at radius 2 is 2.08 bits per heavy atom. The number of carbonyl (C=O) groups is 2. The molecule has 1 aliphatic rings. The van der Waals surface area contributed by atoms with E-state index in [9.17, 15) is 9.59 Å². The molecule has 126 valence electrons. The van der Waals surface area contributed by atoms with Crippen molar-refractivity contribution in [1.82, 2.24) is 10.2 Å². The predicted octanol–water partition coefficient (Wildman–Crippen LogP) is 3.23. The van der Waals surface area contributed by atoms with Gasteiger partial charge in [-0.2, -0.15) is 0 Å². The van der Waals surface area contributed by atoms with E-state index in [1.807, 2.05) is 53.6 Å². The molecule has 0 spiro atoms. The van der Waals surface area contributed by atoms with Crippen LogP contribution < -0.4 is 5.32 Å². The van der Waals surface area contributed by atoms with Crippen LogP contribution in [-0.2, 0) is 11.3 Å². The maximum absolute atomic E-state index is 12.5. The standard InChI is InChI=1S/C19H22N2O2S/c1-14-6-2-3-7-15(14)12-20-18(22)16-8-4-10-21(13-16)19(23)17-9-5-11-24-17/h2-3,5-7,9,11,16H,4,8,10,12-13H2,1H3,(H,20,22). The Labute approximate surface area is 146 Å². The van der Waals surface area contributed by atoms with Crippen LogP contribution in [0.2, 0.25) is 0 Å². The Balaban J connectivity index is 1.57. The molecule has 1 saturated heterocycles. The zero-order valence-corrected chi connectivity index (χ0v) is 14.6. The number of aryl methyl sites for hydroxylation is 1. The van der Waals surface area contributed by atoms with Crippen molar-refractivity contribution < 1.29 is 9.59 Å². The third kappa shape index (κ3) is 3.85. The minimum atomic E-state index is -0.119. The van der Waals surface area contributed by atoms with E-state index in [1.165, 1.54) is 16.9 Å². The van der Waals surface area contributed by atoms with Crippen LogP contribution in [0.3, 0.4) is 0 Å². The Morgan fingerprint density at radius 1 is 1.25 bits per heavy atom. The van der Waals surface area contributed by atoms with Crippen LogP contribution in [0.5, 0.6) is 0 Å². The molecule has 0 bridgehead atoms. The number of benzene rings is 1. The second-order valence-corrected chi connectivity index (χ2v) is 7.16. The number of rotatable bonds is 4. The Morgan fingerprint density at radius 3 is 2.83 bits per heavy atom. The first-order valence-electron chi connectivity index (χ1n) is 8.30. The quantitative estimate of drug-likeness (QED) is 0.927. The van der Waals surface area contributed by atoms with Gasteiger partial charge in [0.2, 0.25) is 5.91 Å². The van der Waals surface area contributed by atoms with Crippen LogP contribution in [0, 0.1) is 12.8 Å². The third-order valence-electron chi connectivity index (χ3n) is 4.53. The van der Waals surface area contributed by atoms with Gasteiger partial charge in [-0.1, -0.05) is 30.3 Å². The van der Waals surface area contributed by atoms with Gasteiger partial charge in [0.15, 0.2) is 0 Å². The summed E-state index contributed by atoms with van der Waals surface area (Å²) in [5.41, 5.74) is 2.31. The van der Waals surface area contributed by atoms with E-state index in [2.05, 4.69) is 5.32 Å². The summed E-state index contributed by atoms with van der Waals surface area (Å²) in [6, 6.07) is 11.8. The molecule has 1 fully saturated rings. The lowest BCUT2D eigenvalue weighted by atomic mass is 9.96. The van der Waals surface area contributed by atoms with Gasteiger partial charge in [0, 0.05) is 19.6 Å². The molecule has 0 aliphatic carbocycles. The van der Waals surface area contributed by atoms with Crippen molar-refractivity contribution in [2.45, 2.75) is 26.3 Å². The molecule has 2 aromatic rings. The van der Waals surface area contributed by atoms with Crippen molar-refractivity contribution in [3.05, 3.63) is 57.8 Å². The van der Waals surface area contributed by atoms with Crippen molar-refractivity contribution >= 4 is 23.2 Å². The molecule has 24 heavy (non-hydrogen) atoms. The number of nitrogens with one attached hydrogen (secondary N) is 1. The summed E-state index contributed by atoms with van der Waals surface area (Å²) in [5, 5.41) is 4.94. The monoisotopic (exact) mass is 342 g/mol. The Bertz CT molecular complexity index is 712. The first kappa shape index (κ1) is 16.7. The molecule has 1 aromatic heterocycles. The lowest BCUT2D eigenvalue weighted by Gasteiger charge is -2.31. The topological polar surface area (TPSA) is 49.4 Å². The molecule has 1 atom stereocenters. The molecule has 2 amide bonds. The molecule has 1 N–H and O–H groups in total. The number of thiophene rings is 1. The van der Waals surface area contributed by atoms with Gasteiger partial charge in [-0.15, -0.1) is 11.3 Å². The van der Waals surface area contributed by atoms with Crippen LogP contribution in [0.25, 0.3) is 0 Å². The number of likely N-dealkylation sites (tertiary alicyclic amines) is 1. The molecule has 5 heteroatoms. The van der Waals surface area contributed by atoms with Crippen LogP contribution in [0.1, 0.15) is 33.6 Å². The Hall–Kier alpha value is -2.14. The van der Waals surface area contributed by atoms with Crippen LogP contribution in [-0.4, -0.2) is 29.8 Å². The van der Waals surface area contributed by atoms with E-state index in [0.717, 1.165) is 29.8 Å². The lowest BCUT2D eigenvalue weighted by Crippen LogP contribution is -2.45. The van der Waals surface area contributed by atoms with E-state index in [0.29, 0.717) is 13.1 Å². The molecule has 4 nitrogen and oxygen atoms in total. The van der Waals surface area contributed by atoms with Gasteiger partial charge in [0.25, 0.3) is 5.91 Å². The van der Waals surface area contributed by atoms with Crippen LogP contribution in [0.15, 0.2) is 41.8 Å². The highest BCUT2D eigenvalue weighted by Gasteiger charge is 2.29. The highest BCUT2D eigenvalue weighted by Crippen LogP contribution is 2.21. The van der Waals surface area contributed by atoms with E-state index in [4.69, 9.17) is 0 Å². The highest BCUT2D eigenvalue weighted by atomic mass is 32.1. The smallest absolute Gasteiger partial charge is 0.263 e. The number of hydrogen-bond acceptors (Lipinski definition) is 3. The molecular formula is C19H22N2O2S. The second kappa shape index (κ2) is 7.62. The minimum absolute atomic E-state index is 0.0430. The summed E-state index contributed by atoms with van der Waals surface area (Å²) in [7, 11) is 0. The van der Waals surface area contributed by atoms with Crippen molar-refractivity contribution in [1.29, 1.82) is 0 Å². The zero-order chi connectivity index (χ0) is 16.9. The minimum Gasteiger partial charge on any atom is -0.352 e. The molecule has 0 saturated carbocycles. The van der Waals surface area contributed by atoms with E-state index >= 15 is 0 Å².